The van der Waals surface area contributed by atoms with Gasteiger partial charge in [-0.15, -0.1) is 0 Å². The lowest BCUT2D eigenvalue weighted by Crippen LogP contribution is -2.20. The molecule has 0 aliphatic carbocycles. The molecule has 0 unspecified atom stereocenters. The van der Waals surface area contributed by atoms with Gasteiger partial charge in [0.05, 0.1) is 4.32 Å². The van der Waals surface area contributed by atoms with Gasteiger partial charge >= 0.3 is 0 Å². The first-order valence-corrected chi connectivity index (χ1v) is 3.07. The topological polar surface area (TPSA) is 20.2 Å². The summed E-state index contributed by atoms with van der Waals surface area (Å²) in [7, 11) is 0. The van der Waals surface area contributed by atoms with E-state index in [-0.39, 0.29) is 5.05 Å². The third kappa shape index (κ3) is 3.00. The molecule has 0 aliphatic rings. The van der Waals surface area contributed by atoms with Gasteiger partial charge in [0.1, 0.15) is 0 Å². The fourth-order valence-corrected chi connectivity index (χ4v) is 0. The predicted molar refractivity (Wildman–Crippen MR) is 38.2 cm³/mol. The summed E-state index contributed by atoms with van der Waals surface area (Å²) in [5.41, 5.74) is 0. The molecule has 0 saturated carbocycles. The van der Waals surface area contributed by atoms with Crippen molar-refractivity contribution >= 4 is 33.2 Å². The molecule has 0 spiro atoms. The first-order chi connectivity index (χ1) is 2.94. The standard InChI is InChI=1S/C4H7BrOS/c1-4(2,5)3(6)7/h1-2H3,(H,6,7). The number of thiocarbonyl (C=S) groups is 1. The lowest BCUT2D eigenvalue weighted by Gasteiger charge is -2.09. The lowest BCUT2D eigenvalue weighted by atomic mass is 10.2. The van der Waals surface area contributed by atoms with Gasteiger partial charge in [-0.05, 0) is 26.1 Å². The molecule has 0 radical (unpaired) electrons. The third-order valence-electron chi connectivity index (χ3n) is 0.509. The smallest absolute Gasteiger partial charge is 0.173 e. The van der Waals surface area contributed by atoms with Crippen molar-refractivity contribution in [1.82, 2.24) is 0 Å². The Bertz CT molecular complexity index is 84.2. The van der Waals surface area contributed by atoms with Gasteiger partial charge in [-0.2, -0.15) is 0 Å². The maximum absolute atomic E-state index is 8.57. The molecule has 0 aromatic rings. The van der Waals surface area contributed by atoms with Crippen molar-refractivity contribution in [2.75, 3.05) is 0 Å². The van der Waals surface area contributed by atoms with Crippen LogP contribution in [-0.4, -0.2) is 14.5 Å². The van der Waals surface area contributed by atoms with Crippen molar-refractivity contribution in [3.8, 4) is 0 Å². The van der Waals surface area contributed by atoms with Crippen LogP contribution < -0.4 is 0 Å². The number of halogens is 1. The van der Waals surface area contributed by atoms with E-state index in [4.69, 9.17) is 5.11 Å². The number of hydrogen-bond donors (Lipinski definition) is 1. The molecule has 7 heavy (non-hydrogen) atoms. The van der Waals surface area contributed by atoms with Crippen molar-refractivity contribution in [1.29, 1.82) is 0 Å². The lowest BCUT2D eigenvalue weighted by molar-refractivity contribution is 0.535. The van der Waals surface area contributed by atoms with Crippen LogP contribution in [0.4, 0.5) is 0 Å². The van der Waals surface area contributed by atoms with Crippen LogP contribution in [0.15, 0.2) is 0 Å². The Hall–Kier alpha value is 0.370. The maximum Gasteiger partial charge on any atom is 0.173 e. The van der Waals surface area contributed by atoms with E-state index in [1.165, 1.54) is 0 Å². The van der Waals surface area contributed by atoms with E-state index in [0.717, 1.165) is 0 Å². The molecular weight excluding hydrogens is 176 g/mol. The largest absolute Gasteiger partial charge is 0.501 e. The maximum atomic E-state index is 8.57. The molecule has 0 aliphatic heterocycles. The summed E-state index contributed by atoms with van der Waals surface area (Å²) in [5.74, 6) is 0. The highest BCUT2D eigenvalue weighted by molar-refractivity contribution is 9.10. The van der Waals surface area contributed by atoms with Crippen LogP contribution in [0, 0.1) is 0 Å². The SMILES string of the molecule is CC(C)(Br)C(O)=S. The van der Waals surface area contributed by atoms with Crippen LogP contribution in [-0.2, 0) is 0 Å². The molecule has 0 rings (SSSR count). The van der Waals surface area contributed by atoms with E-state index >= 15 is 0 Å². The highest BCUT2D eigenvalue weighted by Crippen LogP contribution is 2.15. The average molecular weight is 183 g/mol. The Kier molecular flexibility index (Phi) is 2.20. The molecule has 0 saturated heterocycles. The summed E-state index contributed by atoms with van der Waals surface area (Å²) in [4.78, 5) is 0. The van der Waals surface area contributed by atoms with E-state index in [1.807, 2.05) is 0 Å². The number of aliphatic hydroxyl groups excluding tert-OH is 1. The quantitative estimate of drug-likeness (QED) is 0.495. The summed E-state index contributed by atoms with van der Waals surface area (Å²) in [6, 6.07) is 0. The zero-order valence-electron chi connectivity index (χ0n) is 4.23. The Balaban J connectivity index is 3.79. The molecule has 42 valence electrons. The first kappa shape index (κ1) is 7.37. The Morgan fingerprint density at radius 3 is 1.86 bits per heavy atom. The second-order valence-corrected chi connectivity index (χ2v) is 4.15. The minimum Gasteiger partial charge on any atom is -0.501 e. The second kappa shape index (κ2) is 2.09. The van der Waals surface area contributed by atoms with E-state index in [2.05, 4.69) is 28.1 Å². The zero-order valence-corrected chi connectivity index (χ0v) is 6.64. The van der Waals surface area contributed by atoms with Crippen LogP contribution in [0.25, 0.3) is 0 Å². The molecule has 0 aromatic carbocycles. The van der Waals surface area contributed by atoms with Crippen LogP contribution in [0.3, 0.4) is 0 Å². The first-order valence-electron chi connectivity index (χ1n) is 1.87. The fraction of sp³-hybridized carbons (Fsp3) is 0.750. The van der Waals surface area contributed by atoms with Crippen LogP contribution in [0.1, 0.15) is 13.8 Å². The average Bonchev–Trinajstić information content (AvgIpc) is 1.31. The Labute approximate surface area is 56.9 Å². The van der Waals surface area contributed by atoms with E-state index in [1.54, 1.807) is 13.8 Å². The molecule has 0 fully saturated rings. The number of rotatable bonds is 1. The summed E-state index contributed by atoms with van der Waals surface area (Å²) in [5, 5.41) is 8.57. The molecule has 0 amide bonds. The Morgan fingerprint density at radius 1 is 1.71 bits per heavy atom. The highest BCUT2D eigenvalue weighted by atomic mass is 79.9. The molecule has 0 bridgehead atoms. The second-order valence-electron chi connectivity index (χ2n) is 1.78. The van der Waals surface area contributed by atoms with Gasteiger partial charge in [0.15, 0.2) is 5.05 Å². The van der Waals surface area contributed by atoms with Crippen molar-refractivity contribution in [3.05, 3.63) is 0 Å². The van der Waals surface area contributed by atoms with Gasteiger partial charge in [-0.3, -0.25) is 0 Å². The van der Waals surface area contributed by atoms with Gasteiger partial charge < -0.3 is 5.11 Å². The third-order valence-corrected chi connectivity index (χ3v) is 1.66. The van der Waals surface area contributed by atoms with Crippen molar-refractivity contribution in [2.24, 2.45) is 0 Å². The zero-order chi connectivity index (χ0) is 6.08. The highest BCUT2D eigenvalue weighted by Gasteiger charge is 2.16. The summed E-state index contributed by atoms with van der Waals surface area (Å²) < 4.78 is -0.400. The molecule has 0 heterocycles. The number of hydrogen-bond acceptors (Lipinski definition) is 1. The van der Waals surface area contributed by atoms with Gasteiger partial charge in [0.25, 0.3) is 0 Å². The molecule has 3 heteroatoms. The van der Waals surface area contributed by atoms with Crippen LogP contribution in [0.5, 0.6) is 0 Å². The minimum absolute atomic E-state index is 0.00694. The van der Waals surface area contributed by atoms with Crippen molar-refractivity contribution in [2.45, 2.75) is 18.2 Å². The van der Waals surface area contributed by atoms with Gasteiger partial charge in [-0.1, -0.05) is 15.9 Å². The van der Waals surface area contributed by atoms with Crippen molar-refractivity contribution in [3.63, 3.8) is 0 Å². The van der Waals surface area contributed by atoms with E-state index in [0.29, 0.717) is 0 Å². The van der Waals surface area contributed by atoms with E-state index in [9.17, 15) is 0 Å². The van der Waals surface area contributed by atoms with Gasteiger partial charge in [0.2, 0.25) is 0 Å². The summed E-state index contributed by atoms with van der Waals surface area (Å²) in [6.45, 7) is 3.57. The van der Waals surface area contributed by atoms with E-state index < -0.39 is 4.32 Å². The molecular formula is C4H7BrOS. The minimum atomic E-state index is -0.400. The van der Waals surface area contributed by atoms with Crippen molar-refractivity contribution < 1.29 is 5.11 Å². The molecule has 0 aromatic heterocycles. The fourth-order valence-electron chi connectivity index (χ4n) is 0. The van der Waals surface area contributed by atoms with Crippen LogP contribution >= 0.6 is 28.1 Å². The van der Waals surface area contributed by atoms with Gasteiger partial charge in [-0.25, -0.2) is 0 Å². The molecule has 1 N–H and O–H groups in total. The molecule has 0 atom stereocenters. The number of alkyl halides is 1. The summed E-state index contributed by atoms with van der Waals surface area (Å²) >= 11 is 7.59. The van der Waals surface area contributed by atoms with Gasteiger partial charge in [0, 0.05) is 0 Å². The monoisotopic (exact) mass is 182 g/mol. The number of aliphatic hydroxyl groups is 1. The predicted octanol–water partition coefficient (Wildman–Crippen LogP) is 2.05. The normalized spacial score (nSPS) is 11.3. The Morgan fingerprint density at radius 2 is 1.86 bits per heavy atom. The molecule has 1 nitrogen and oxygen atoms in total. The van der Waals surface area contributed by atoms with Crippen LogP contribution in [0.2, 0.25) is 0 Å². The summed E-state index contributed by atoms with van der Waals surface area (Å²) in [6.07, 6.45) is 0.